The Morgan fingerprint density at radius 3 is 2.70 bits per heavy atom. The molecule has 2 rings (SSSR count). The highest BCUT2D eigenvalue weighted by atomic mass is 35.5. The summed E-state index contributed by atoms with van der Waals surface area (Å²) in [7, 11) is 0. The van der Waals surface area contributed by atoms with Gasteiger partial charge >= 0.3 is 0 Å². The van der Waals surface area contributed by atoms with Crippen LogP contribution in [0.5, 0.6) is 0 Å². The molecule has 0 saturated carbocycles. The van der Waals surface area contributed by atoms with Crippen molar-refractivity contribution >= 4 is 34.7 Å². The smallest absolute Gasteiger partial charge is 0.293 e. The van der Waals surface area contributed by atoms with Crippen LogP contribution in [-0.2, 0) is 5.75 Å². The Labute approximate surface area is 125 Å². The van der Waals surface area contributed by atoms with Gasteiger partial charge in [0.15, 0.2) is 0 Å². The molecule has 7 heteroatoms. The highest BCUT2D eigenvalue weighted by molar-refractivity contribution is 7.98. The molecule has 0 saturated heterocycles. The third-order valence-corrected chi connectivity index (χ3v) is 3.94. The van der Waals surface area contributed by atoms with Gasteiger partial charge in [0.25, 0.3) is 5.69 Å². The minimum Gasteiger partial charge on any atom is -0.318 e. The lowest BCUT2D eigenvalue weighted by atomic mass is 10.2. The molecule has 0 aromatic heterocycles. The Kier molecular flexibility index (Phi) is 4.84. The number of rotatable bonds is 5. The highest BCUT2D eigenvalue weighted by Gasteiger charge is 2.16. The van der Waals surface area contributed by atoms with Gasteiger partial charge in [-0.05, 0) is 23.8 Å². The molecule has 0 atom stereocenters. The summed E-state index contributed by atoms with van der Waals surface area (Å²) in [5, 5.41) is 11.6. The number of nitrogen functional groups attached to an aromatic ring is 1. The largest absolute Gasteiger partial charge is 0.318 e. The SMILES string of the molecule is NNc1c(CSc2cccc(Cl)c2)cccc1[N+](=O)[O-]. The molecule has 0 fully saturated rings. The molecule has 104 valence electrons. The second-order valence-corrected chi connectivity index (χ2v) is 5.44. The summed E-state index contributed by atoms with van der Waals surface area (Å²) >= 11 is 7.45. The van der Waals surface area contributed by atoms with Crippen LogP contribution >= 0.6 is 23.4 Å². The minimum absolute atomic E-state index is 0.0308. The average Bonchev–Trinajstić information content (AvgIpc) is 2.44. The predicted octanol–water partition coefficient (Wildman–Crippen LogP) is 3.83. The van der Waals surface area contributed by atoms with Gasteiger partial charge in [-0.3, -0.25) is 16.0 Å². The molecular weight excluding hydrogens is 298 g/mol. The van der Waals surface area contributed by atoms with Crippen LogP contribution in [0.3, 0.4) is 0 Å². The Morgan fingerprint density at radius 1 is 1.30 bits per heavy atom. The van der Waals surface area contributed by atoms with E-state index in [0.29, 0.717) is 16.5 Å². The van der Waals surface area contributed by atoms with Crippen molar-refractivity contribution in [2.24, 2.45) is 5.84 Å². The zero-order chi connectivity index (χ0) is 14.5. The number of hydrogen-bond donors (Lipinski definition) is 2. The summed E-state index contributed by atoms with van der Waals surface area (Å²) in [6, 6.07) is 12.3. The fourth-order valence-corrected chi connectivity index (χ4v) is 2.95. The number of nitrogens with two attached hydrogens (primary N) is 1. The van der Waals surface area contributed by atoms with E-state index in [9.17, 15) is 10.1 Å². The molecule has 0 amide bonds. The lowest BCUT2D eigenvalue weighted by molar-refractivity contribution is -0.384. The van der Waals surface area contributed by atoms with E-state index >= 15 is 0 Å². The summed E-state index contributed by atoms with van der Waals surface area (Å²) in [5.74, 6) is 5.95. The van der Waals surface area contributed by atoms with E-state index in [1.165, 1.54) is 17.8 Å². The highest BCUT2D eigenvalue weighted by Crippen LogP contribution is 2.32. The molecule has 0 aliphatic heterocycles. The molecule has 0 bridgehead atoms. The number of halogens is 1. The molecule has 3 N–H and O–H groups in total. The first-order valence-electron chi connectivity index (χ1n) is 5.73. The number of hydrazine groups is 1. The van der Waals surface area contributed by atoms with Gasteiger partial charge in [0, 0.05) is 21.7 Å². The van der Waals surface area contributed by atoms with Crippen LogP contribution in [0.4, 0.5) is 11.4 Å². The second-order valence-electron chi connectivity index (χ2n) is 3.96. The fourth-order valence-electron chi connectivity index (χ4n) is 1.74. The number of benzene rings is 2. The van der Waals surface area contributed by atoms with Gasteiger partial charge in [-0.15, -0.1) is 11.8 Å². The first kappa shape index (κ1) is 14.6. The Balaban J connectivity index is 2.21. The van der Waals surface area contributed by atoms with Crippen molar-refractivity contribution in [3.8, 4) is 0 Å². The fraction of sp³-hybridized carbons (Fsp3) is 0.0769. The molecule has 0 heterocycles. The Bertz CT molecular complexity index is 637. The van der Waals surface area contributed by atoms with Crippen LogP contribution < -0.4 is 11.3 Å². The van der Waals surface area contributed by atoms with Crippen LogP contribution in [0.15, 0.2) is 47.4 Å². The number of para-hydroxylation sites is 1. The van der Waals surface area contributed by atoms with Gasteiger partial charge in [0.1, 0.15) is 5.69 Å². The van der Waals surface area contributed by atoms with Crippen molar-refractivity contribution in [3.05, 3.63) is 63.2 Å². The van der Waals surface area contributed by atoms with Crippen LogP contribution in [0.2, 0.25) is 5.02 Å². The molecular formula is C13H12ClN3O2S. The zero-order valence-electron chi connectivity index (χ0n) is 10.4. The summed E-state index contributed by atoms with van der Waals surface area (Å²) in [6.07, 6.45) is 0. The number of nitro groups is 1. The van der Waals surface area contributed by atoms with Crippen molar-refractivity contribution in [2.45, 2.75) is 10.6 Å². The van der Waals surface area contributed by atoms with Crippen LogP contribution in [0, 0.1) is 10.1 Å². The second kappa shape index (κ2) is 6.60. The topological polar surface area (TPSA) is 81.2 Å². The normalized spacial score (nSPS) is 10.3. The van der Waals surface area contributed by atoms with E-state index in [4.69, 9.17) is 17.4 Å². The van der Waals surface area contributed by atoms with Crippen molar-refractivity contribution in [1.29, 1.82) is 0 Å². The third-order valence-electron chi connectivity index (χ3n) is 2.66. The van der Waals surface area contributed by atoms with Gasteiger partial charge in [-0.1, -0.05) is 29.8 Å². The van der Waals surface area contributed by atoms with E-state index in [2.05, 4.69) is 5.43 Å². The predicted molar refractivity (Wildman–Crippen MR) is 81.9 cm³/mol. The number of nitrogens with one attached hydrogen (secondary N) is 1. The summed E-state index contributed by atoms with van der Waals surface area (Å²) in [4.78, 5) is 11.5. The first-order valence-corrected chi connectivity index (χ1v) is 7.09. The monoisotopic (exact) mass is 309 g/mol. The molecule has 0 aliphatic rings. The van der Waals surface area contributed by atoms with Gasteiger partial charge < -0.3 is 5.43 Å². The van der Waals surface area contributed by atoms with Crippen molar-refractivity contribution in [3.63, 3.8) is 0 Å². The lowest BCUT2D eigenvalue weighted by Crippen LogP contribution is -2.11. The molecule has 0 aliphatic carbocycles. The molecule has 2 aromatic carbocycles. The number of thioether (sulfide) groups is 1. The van der Waals surface area contributed by atoms with E-state index in [1.54, 1.807) is 18.2 Å². The van der Waals surface area contributed by atoms with Crippen molar-refractivity contribution < 1.29 is 4.92 Å². The number of anilines is 1. The summed E-state index contributed by atoms with van der Waals surface area (Å²) in [5.41, 5.74) is 3.49. The van der Waals surface area contributed by atoms with Crippen LogP contribution in [0.25, 0.3) is 0 Å². The van der Waals surface area contributed by atoms with Gasteiger partial charge in [0.05, 0.1) is 4.92 Å². The summed E-state index contributed by atoms with van der Waals surface area (Å²) in [6.45, 7) is 0. The third kappa shape index (κ3) is 3.41. The Hall–Kier alpha value is -1.76. The summed E-state index contributed by atoms with van der Waals surface area (Å²) < 4.78 is 0. The van der Waals surface area contributed by atoms with E-state index < -0.39 is 4.92 Å². The number of nitrogens with zero attached hydrogens (tertiary/aromatic N) is 1. The van der Waals surface area contributed by atoms with E-state index in [-0.39, 0.29) is 5.69 Å². The zero-order valence-corrected chi connectivity index (χ0v) is 11.9. The average molecular weight is 310 g/mol. The maximum absolute atomic E-state index is 10.9. The molecule has 0 radical (unpaired) electrons. The first-order chi connectivity index (χ1) is 9.61. The Morgan fingerprint density at radius 2 is 2.05 bits per heavy atom. The van der Waals surface area contributed by atoms with Gasteiger partial charge in [-0.2, -0.15) is 0 Å². The van der Waals surface area contributed by atoms with E-state index in [1.807, 2.05) is 18.2 Å². The quantitative estimate of drug-likeness (QED) is 0.380. The van der Waals surface area contributed by atoms with Gasteiger partial charge in [0.2, 0.25) is 0 Å². The minimum atomic E-state index is -0.456. The molecule has 0 unspecified atom stereocenters. The maximum Gasteiger partial charge on any atom is 0.293 e. The van der Waals surface area contributed by atoms with Crippen LogP contribution in [0.1, 0.15) is 5.56 Å². The molecule has 5 nitrogen and oxygen atoms in total. The van der Waals surface area contributed by atoms with E-state index in [0.717, 1.165) is 10.5 Å². The maximum atomic E-state index is 10.9. The van der Waals surface area contributed by atoms with Crippen molar-refractivity contribution in [1.82, 2.24) is 0 Å². The van der Waals surface area contributed by atoms with Crippen LogP contribution in [-0.4, -0.2) is 4.92 Å². The number of nitro benzene ring substituents is 1. The molecule has 0 spiro atoms. The molecule has 2 aromatic rings. The van der Waals surface area contributed by atoms with Gasteiger partial charge in [-0.25, -0.2) is 0 Å². The van der Waals surface area contributed by atoms with Crippen molar-refractivity contribution in [2.75, 3.05) is 5.43 Å². The molecule has 20 heavy (non-hydrogen) atoms. The standard InChI is InChI=1S/C13H12ClN3O2S/c14-10-4-2-5-11(7-10)20-8-9-3-1-6-12(17(18)19)13(9)16-15/h1-7,16H,8,15H2. The number of hydrogen-bond acceptors (Lipinski definition) is 5. The lowest BCUT2D eigenvalue weighted by Gasteiger charge is -2.09.